The molecule has 1 aliphatic heterocycles. The zero-order valence-corrected chi connectivity index (χ0v) is 11.7. The lowest BCUT2D eigenvalue weighted by Gasteiger charge is -2.32. The Hall–Kier alpha value is -0.860. The van der Waals surface area contributed by atoms with Crippen LogP contribution in [0.5, 0.6) is 0 Å². The normalized spacial score (nSPS) is 25.4. The van der Waals surface area contributed by atoms with Gasteiger partial charge in [-0.15, -0.1) is 0 Å². The standard InChI is InChI=1S/C16H26N2/c1-13-7-6-11-18(12-10-13)14(2)16(17)15-8-4-3-5-9-15/h3-5,8-9,13-14,16H,6-7,10-12,17H2,1-2H3. The molecular formula is C16H26N2. The average Bonchev–Trinajstić information content (AvgIpc) is 2.63. The minimum absolute atomic E-state index is 0.125. The first kappa shape index (κ1) is 13.6. The number of nitrogens with two attached hydrogens (primary N) is 1. The number of likely N-dealkylation sites (tertiary alicyclic amines) is 1. The Morgan fingerprint density at radius 2 is 1.89 bits per heavy atom. The summed E-state index contributed by atoms with van der Waals surface area (Å²) in [6, 6.07) is 11.0. The molecule has 2 nitrogen and oxygen atoms in total. The summed E-state index contributed by atoms with van der Waals surface area (Å²) in [4.78, 5) is 2.57. The van der Waals surface area contributed by atoms with Crippen LogP contribution in [0.25, 0.3) is 0 Å². The predicted octanol–water partition coefficient (Wildman–Crippen LogP) is 3.20. The van der Waals surface area contributed by atoms with E-state index in [-0.39, 0.29) is 6.04 Å². The molecule has 1 saturated heterocycles. The molecule has 0 bridgehead atoms. The van der Waals surface area contributed by atoms with Gasteiger partial charge in [-0.2, -0.15) is 0 Å². The van der Waals surface area contributed by atoms with Gasteiger partial charge in [-0.1, -0.05) is 37.3 Å². The van der Waals surface area contributed by atoms with Gasteiger partial charge in [0.15, 0.2) is 0 Å². The molecule has 2 N–H and O–H groups in total. The van der Waals surface area contributed by atoms with Crippen LogP contribution in [0.4, 0.5) is 0 Å². The molecule has 0 aliphatic carbocycles. The van der Waals surface area contributed by atoms with Gasteiger partial charge in [0.05, 0.1) is 0 Å². The summed E-state index contributed by atoms with van der Waals surface area (Å²) >= 11 is 0. The Labute approximate surface area is 111 Å². The van der Waals surface area contributed by atoms with Gasteiger partial charge < -0.3 is 5.73 Å². The van der Waals surface area contributed by atoms with Crippen molar-refractivity contribution in [3.05, 3.63) is 35.9 Å². The van der Waals surface area contributed by atoms with Crippen LogP contribution in [0.15, 0.2) is 30.3 Å². The molecule has 18 heavy (non-hydrogen) atoms. The molecule has 3 unspecified atom stereocenters. The molecule has 0 saturated carbocycles. The molecule has 0 radical (unpaired) electrons. The number of nitrogens with zero attached hydrogens (tertiary/aromatic N) is 1. The summed E-state index contributed by atoms with van der Waals surface area (Å²) in [5, 5.41) is 0. The highest BCUT2D eigenvalue weighted by Crippen LogP contribution is 2.23. The number of hydrogen-bond acceptors (Lipinski definition) is 2. The van der Waals surface area contributed by atoms with Crippen molar-refractivity contribution in [2.45, 2.75) is 45.2 Å². The van der Waals surface area contributed by atoms with Crippen LogP contribution in [-0.4, -0.2) is 24.0 Å². The number of hydrogen-bond donors (Lipinski definition) is 1. The zero-order chi connectivity index (χ0) is 13.0. The van der Waals surface area contributed by atoms with Crippen molar-refractivity contribution in [2.75, 3.05) is 13.1 Å². The molecule has 100 valence electrons. The first-order valence-corrected chi connectivity index (χ1v) is 7.23. The molecule has 2 heteroatoms. The Morgan fingerprint density at radius 1 is 1.17 bits per heavy atom. The Balaban J connectivity index is 1.99. The highest BCUT2D eigenvalue weighted by molar-refractivity contribution is 5.19. The predicted molar refractivity (Wildman–Crippen MR) is 77.4 cm³/mol. The van der Waals surface area contributed by atoms with Crippen LogP contribution >= 0.6 is 0 Å². The molecule has 1 fully saturated rings. The largest absolute Gasteiger partial charge is 0.323 e. The van der Waals surface area contributed by atoms with Crippen molar-refractivity contribution in [1.82, 2.24) is 4.90 Å². The van der Waals surface area contributed by atoms with E-state index in [0.717, 1.165) is 5.92 Å². The second kappa shape index (κ2) is 6.35. The fraction of sp³-hybridized carbons (Fsp3) is 0.625. The number of benzene rings is 1. The quantitative estimate of drug-likeness (QED) is 0.887. The van der Waals surface area contributed by atoms with E-state index >= 15 is 0 Å². The summed E-state index contributed by atoms with van der Waals surface area (Å²) < 4.78 is 0. The minimum atomic E-state index is 0.125. The van der Waals surface area contributed by atoms with E-state index in [4.69, 9.17) is 5.73 Å². The van der Waals surface area contributed by atoms with Crippen molar-refractivity contribution >= 4 is 0 Å². The van der Waals surface area contributed by atoms with Gasteiger partial charge in [0.2, 0.25) is 0 Å². The summed E-state index contributed by atoms with van der Waals surface area (Å²) in [5.74, 6) is 0.871. The molecule has 0 amide bonds. The molecule has 2 rings (SSSR count). The molecule has 0 aromatic heterocycles. The van der Waals surface area contributed by atoms with Crippen LogP contribution in [0, 0.1) is 5.92 Å². The lowest BCUT2D eigenvalue weighted by Crippen LogP contribution is -2.41. The minimum Gasteiger partial charge on any atom is -0.323 e. The summed E-state index contributed by atoms with van der Waals surface area (Å²) in [6.07, 6.45) is 3.99. The van der Waals surface area contributed by atoms with Crippen LogP contribution < -0.4 is 5.73 Å². The fourth-order valence-corrected chi connectivity index (χ4v) is 2.87. The van der Waals surface area contributed by atoms with E-state index in [0.29, 0.717) is 6.04 Å². The second-order valence-electron chi connectivity index (χ2n) is 5.75. The molecule has 1 aromatic carbocycles. The third-order valence-corrected chi connectivity index (χ3v) is 4.33. The SMILES string of the molecule is CC1CCCN(C(C)C(N)c2ccccc2)CC1. The van der Waals surface area contributed by atoms with Gasteiger partial charge in [-0.25, -0.2) is 0 Å². The smallest absolute Gasteiger partial charge is 0.0450 e. The Kier molecular flexibility index (Phi) is 4.79. The lowest BCUT2D eigenvalue weighted by molar-refractivity contribution is 0.189. The Morgan fingerprint density at radius 3 is 2.61 bits per heavy atom. The maximum atomic E-state index is 6.41. The summed E-state index contributed by atoms with van der Waals surface area (Å²) in [6.45, 7) is 7.04. The van der Waals surface area contributed by atoms with E-state index in [1.165, 1.54) is 37.9 Å². The first-order chi connectivity index (χ1) is 8.68. The van der Waals surface area contributed by atoms with Gasteiger partial charge in [0.1, 0.15) is 0 Å². The Bertz CT molecular complexity index is 349. The third-order valence-electron chi connectivity index (χ3n) is 4.33. The van der Waals surface area contributed by atoms with Gasteiger partial charge in [-0.05, 0) is 50.8 Å². The maximum absolute atomic E-state index is 6.41. The third kappa shape index (κ3) is 3.33. The van der Waals surface area contributed by atoms with Crippen molar-refractivity contribution in [1.29, 1.82) is 0 Å². The topological polar surface area (TPSA) is 29.3 Å². The van der Waals surface area contributed by atoms with Crippen LogP contribution in [0.1, 0.15) is 44.7 Å². The van der Waals surface area contributed by atoms with Crippen LogP contribution in [0.2, 0.25) is 0 Å². The monoisotopic (exact) mass is 246 g/mol. The fourth-order valence-electron chi connectivity index (χ4n) is 2.87. The van der Waals surface area contributed by atoms with Crippen molar-refractivity contribution in [2.24, 2.45) is 11.7 Å². The highest BCUT2D eigenvalue weighted by atomic mass is 15.2. The van der Waals surface area contributed by atoms with Crippen LogP contribution in [-0.2, 0) is 0 Å². The molecule has 1 aromatic rings. The van der Waals surface area contributed by atoms with E-state index < -0.39 is 0 Å². The highest BCUT2D eigenvalue weighted by Gasteiger charge is 2.23. The molecule has 0 spiro atoms. The van der Waals surface area contributed by atoms with Crippen molar-refractivity contribution in [3.8, 4) is 0 Å². The second-order valence-corrected chi connectivity index (χ2v) is 5.75. The number of rotatable bonds is 3. The van der Waals surface area contributed by atoms with E-state index in [2.05, 4.69) is 49.1 Å². The molecule has 1 aliphatic rings. The zero-order valence-electron chi connectivity index (χ0n) is 11.7. The van der Waals surface area contributed by atoms with E-state index in [1.807, 2.05) is 0 Å². The van der Waals surface area contributed by atoms with Crippen LogP contribution in [0.3, 0.4) is 0 Å². The maximum Gasteiger partial charge on any atom is 0.0450 e. The van der Waals surface area contributed by atoms with Gasteiger partial charge in [0, 0.05) is 12.1 Å². The van der Waals surface area contributed by atoms with E-state index in [9.17, 15) is 0 Å². The van der Waals surface area contributed by atoms with Gasteiger partial charge in [-0.3, -0.25) is 4.90 Å². The molecule has 3 atom stereocenters. The van der Waals surface area contributed by atoms with Gasteiger partial charge in [0.25, 0.3) is 0 Å². The van der Waals surface area contributed by atoms with E-state index in [1.54, 1.807) is 0 Å². The van der Waals surface area contributed by atoms with Crippen molar-refractivity contribution in [3.63, 3.8) is 0 Å². The summed E-state index contributed by atoms with van der Waals surface area (Å²) in [7, 11) is 0. The summed E-state index contributed by atoms with van der Waals surface area (Å²) in [5.41, 5.74) is 7.67. The molecule has 1 heterocycles. The molecular weight excluding hydrogens is 220 g/mol. The van der Waals surface area contributed by atoms with Gasteiger partial charge >= 0.3 is 0 Å². The average molecular weight is 246 g/mol. The first-order valence-electron chi connectivity index (χ1n) is 7.23. The van der Waals surface area contributed by atoms with Crippen molar-refractivity contribution < 1.29 is 0 Å². The lowest BCUT2D eigenvalue weighted by atomic mass is 10.00.